The molecule has 0 amide bonds. The summed E-state index contributed by atoms with van der Waals surface area (Å²) in [5, 5.41) is 0. The fourth-order valence-electron chi connectivity index (χ4n) is 4.52. The standard InChI is InChI=1S/C16H30N2S/c19-14-16(7-3-1-2-4-8-16)13-17-10-11-18-9-5-6-15(18)12-17/h15,19H,1-14H2. The summed E-state index contributed by atoms with van der Waals surface area (Å²) in [5.74, 6) is 1.10. The second-order valence-electron chi connectivity index (χ2n) is 7.14. The molecule has 0 radical (unpaired) electrons. The van der Waals surface area contributed by atoms with Crippen LogP contribution >= 0.6 is 12.6 Å². The Morgan fingerprint density at radius 3 is 2.47 bits per heavy atom. The summed E-state index contributed by atoms with van der Waals surface area (Å²) in [5.41, 5.74) is 0.528. The second-order valence-corrected chi connectivity index (χ2v) is 7.46. The number of piperazine rings is 1. The van der Waals surface area contributed by atoms with Gasteiger partial charge in [-0.05, 0) is 43.4 Å². The molecule has 1 saturated carbocycles. The van der Waals surface area contributed by atoms with Gasteiger partial charge in [-0.2, -0.15) is 12.6 Å². The molecule has 3 heteroatoms. The molecule has 3 aliphatic rings. The molecule has 0 aromatic carbocycles. The molecule has 19 heavy (non-hydrogen) atoms. The average Bonchev–Trinajstić information content (AvgIpc) is 2.77. The first-order valence-corrected chi connectivity index (χ1v) is 9.02. The zero-order valence-corrected chi connectivity index (χ0v) is 13.2. The fraction of sp³-hybridized carbons (Fsp3) is 1.00. The Labute approximate surface area is 124 Å². The maximum atomic E-state index is 4.74. The lowest BCUT2D eigenvalue weighted by Crippen LogP contribution is -2.53. The van der Waals surface area contributed by atoms with Crippen molar-refractivity contribution in [3.8, 4) is 0 Å². The van der Waals surface area contributed by atoms with E-state index in [1.807, 2.05) is 0 Å². The van der Waals surface area contributed by atoms with E-state index in [1.54, 1.807) is 0 Å². The highest BCUT2D eigenvalue weighted by Crippen LogP contribution is 2.37. The van der Waals surface area contributed by atoms with Crippen molar-refractivity contribution in [1.82, 2.24) is 9.80 Å². The molecule has 2 aliphatic heterocycles. The molecule has 3 fully saturated rings. The summed E-state index contributed by atoms with van der Waals surface area (Å²) in [6.07, 6.45) is 11.5. The molecule has 0 aromatic rings. The second kappa shape index (κ2) is 6.36. The van der Waals surface area contributed by atoms with Crippen LogP contribution in [0.3, 0.4) is 0 Å². The largest absolute Gasteiger partial charge is 0.300 e. The lowest BCUT2D eigenvalue weighted by molar-refractivity contribution is 0.0656. The van der Waals surface area contributed by atoms with E-state index in [-0.39, 0.29) is 0 Å². The van der Waals surface area contributed by atoms with E-state index in [9.17, 15) is 0 Å². The summed E-state index contributed by atoms with van der Waals surface area (Å²) in [6.45, 7) is 6.62. The first kappa shape index (κ1) is 14.2. The van der Waals surface area contributed by atoms with Crippen molar-refractivity contribution >= 4 is 12.6 Å². The van der Waals surface area contributed by atoms with Crippen molar-refractivity contribution in [3.05, 3.63) is 0 Å². The third-order valence-electron chi connectivity index (χ3n) is 5.73. The molecule has 1 unspecified atom stereocenters. The molecule has 1 aliphatic carbocycles. The molecule has 2 saturated heterocycles. The van der Waals surface area contributed by atoms with E-state index in [1.165, 1.54) is 84.1 Å². The van der Waals surface area contributed by atoms with Gasteiger partial charge in [-0.25, -0.2) is 0 Å². The van der Waals surface area contributed by atoms with Crippen molar-refractivity contribution in [3.63, 3.8) is 0 Å². The molecule has 0 spiro atoms. The summed E-state index contributed by atoms with van der Waals surface area (Å²) >= 11 is 4.74. The summed E-state index contributed by atoms with van der Waals surface area (Å²) in [4.78, 5) is 5.49. The molecule has 110 valence electrons. The van der Waals surface area contributed by atoms with Crippen LogP contribution in [0.15, 0.2) is 0 Å². The smallest absolute Gasteiger partial charge is 0.0224 e. The first-order valence-electron chi connectivity index (χ1n) is 8.39. The van der Waals surface area contributed by atoms with Gasteiger partial charge >= 0.3 is 0 Å². The topological polar surface area (TPSA) is 6.48 Å². The van der Waals surface area contributed by atoms with E-state index in [4.69, 9.17) is 12.6 Å². The highest BCUT2D eigenvalue weighted by Gasteiger charge is 2.36. The highest BCUT2D eigenvalue weighted by atomic mass is 32.1. The molecule has 0 aromatic heterocycles. The Kier molecular flexibility index (Phi) is 4.76. The minimum Gasteiger partial charge on any atom is -0.300 e. The predicted octanol–water partition coefficient (Wildman–Crippen LogP) is 3.04. The Morgan fingerprint density at radius 1 is 0.947 bits per heavy atom. The Hall–Kier alpha value is 0.270. The zero-order valence-electron chi connectivity index (χ0n) is 12.3. The van der Waals surface area contributed by atoms with Crippen LogP contribution in [-0.2, 0) is 0 Å². The van der Waals surface area contributed by atoms with Crippen LogP contribution in [0.5, 0.6) is 0 Å². The van der Waals surface area contributed by atoms with E-state index in [0.29, 0.717) is 5.41 Å². The Bertz CT molecular complexity index is 286. The van der Waals surface area contributed by atoms with Gasteiger partial charge in [0.25, 0.3) is 0 Å². The minimum atomic E-state index is 0.528. The third-order valence-corrected chi connectivity index (χ3v) is 6.40. The normalized spacial score (nSPS) is 33.0. The highest BCUT2D eigenvalue weighted by molar-refractivity contribution is 7.80. The van der Waals surface area contributed by atoms with Gasteiger partial charge in [0.15, 0.2) is 0 Å². The third kappa shape index (κ3) is 3.30. The van der Waals surface area contributed by atoms with Gasteiger partial charge in [0.05, 0.1) is 0 Å². The van der Waals surface area contributed by atoms with E-state index in [2.05, 4.69) is 9.80 Å². The lowest BCUT2D eigenvalue weighted by Gasteiger charge is -2.43. The van der Waals surface area contributed by atoms with Gasteiger partial charge in [0.1, 0.15) is 0 Å². The van der Waals surface area contributed by atoms with Crippen LogP contribution in [0.1, 0.15) is 51.4 Å². The molecule has 0 N–H and O–H groups in total. The maximum Gasteiger partial charge on any atom is 0.0224 e. The van der Waals surface area contributed by atoms with Gasteiger partial charge in [0.2, 0.25) is 0 Å². The number of thiol groups is 1. The average molecular weight is 282 g/mol. The molecule has 1 atom stereocenters. The van der Waals surface area contributed by atoms with Crippen LogP contribution in [0.2, 0.25) is 0 Å². The van der Waals surface area contributed by atoms with Crippen molar-refractivity contribution in [2.45, 2.75) is 57.4 Å². The number of hydrogen-bond acceptors (Lipinski definition) is 3. The summed E-state index contributed by atoms with van der Waals surface area (Å²) in [6, 6.07) is 0.872. The number of hydrogen-bond donors (Lipinski definition) is 1. The van der Waals surface area contributed by atoms with Crippen molar-refractivity contribution in [2.75, 3.05) is 38.5 Å². The van der Waals surface area contributed by atoms with Crippen molar-refractivity contribution in [2.24, 2.45) is 5.41 Å². The fourth-order valence-corrected chi connectivity index (χ4v) is 4.93. The monoisotopic (exact) mass is 282 g/mol. The maximum absolute atomic E-state index is 4.74. The Balaban J connectivity index is 1.59. The van der Waals surface area contributed by atoms with Crippen LogP contribution in [0.25, 0.3) is 0 Å². The van der Waals surface area contributed by atoms with Crippen LogP contribution in [-0.4, -0.2) is 54.3 Å². The SMILES string of the molecule is SCC1(CN2CCN3CCCC3C2)CCCCCC1. The molecule has 0 bridgehead atoms. The number of nitrogens with zero attached hydrogens (tertiary/aromatic N) is 2. The molecule has 2 nitrogen and oxygen atoms in total. The van der Waals surface area contributed by atoms with Crippen LogP contribution < -0.4 is 0 Å². The molecule has 3 rings (SSSR count). The van der Waals surface area contributed by atoms with Gasteiger partial charge in [-0.1, -0.05) is 25.7 Å². The van der Waals surface area contributed by atoms with Crippen molar-refractivity contribution < 1.29 is 0 Å². The summed E-state index contributed by atoms with van der Waals surface area (Å²) < 4.78 is 0. The number of fused-ring (bicyclic) bond motifs is 1. The quantitative estimate of drug-likeness (QED) is 0.628. The van der Waals surface area contributed by atoms with E-state index >= 15 is 0 Å². The van der Waals surface area contributed by atoms with Crippen molar-refractivity contribution in [1.29, 1.82) is 0 Å². The number of rotatable bonds is 3. The van der Waals surface area contributed by atoms with Gasteiger partial charge < -0.3 is 0 Å². The molecular formula is C16H30N2S. The minimum absolute atomic E-state index is 0.528. The van der Waals surface area contributed by atoms with E-state index in [0.717, 1.165) is 11.8 Å². The van der Waals surface area contributed by atoms with Gasteiger partial charge in [0, 0.05) is 32.2 Å². The molecule has 2 heterocycles. The Morgan fingerprint density at radius 2 is 1.74 bits per heavy atom. The van der Waals surface area contributed by atoms with Gasteiger partial charge in [-0.3, -0.25) is 9.80 Å². The van der Waals surface area contributed by atoms with Gasteiger partial charge in [-0.15, -0.1) is 0 Å². The predicted molar refractivity (Wildman–Crippen MR) is 85.0 cm³/mol. The zero-order chi connectivity index (χ0) is 13.1. The van der Waals surface area contributed by atoms with Crippen LogP contribution in [0.4, 0.5) is 0 Å². The first-order chi connectivity index (χ1) is 9.31. The van der Waals surface area contributed by atoms with E-state index < -0.39 is 0 Å². The lowest BCUT2D eigenvalue weighted by atomic mass is 9.81. The molecular weight excluding hydrogens is 252 g/mol. The van der Waals surface area contributed by atoms with Crippen LogP contribution in [0, 0.1) is 5.41 Å². The summed E-state index contributed by atoms with van der Waals surface area (Å²) in [7, 11) is 0.